The van der Waals surface area contributed by atoms with Crippen molar-refractivity contribution in [2.45, 2.75) is 13.5 Å². The highest BCUT2D eigenvalue weighted by Crippen LogP contribution is 2.38. The van der Waals surface area contributed by atoms with Gasteiger partial charge in [-0.3, -0.25) is 14.9 Å². The number of azo groups is 1. The summed E-state index contributed by atoms with van der Waals surface area (Å²) in [5, 5.41) is 29.1. The second-order valence-corrected chi connectivity index (χ2v) is 5.77. The number of hydrogen-bond donors (Lipinski definition) is 1. The minimum atomic E-state index is -0.766. The number of carbonyl (C=O) groups is 1. The number of nitro groups is 1. The van der Waals surface area contributed by atoms with Gasteiger partial charge in [0, 0.05) is 24.1 Å². The zero-order valence-corrected chi connectivity index (χ0v) is 14.3. The molecule has 3 rings (SSSR count). The first-order valence-electron chi connectivity index (χ1n) is 7.64. The smallest absolute Gasteiger partial charge is 0.296 e. The van der Waals surface area contributed by atoms with Crippen LogP contribution in [0.4, 0.5) is 11.4 Å². The number of para-hydroxylation sites is 1. The Bertz CT molecular complexity index is 1060. The number of fused-ring (bicyclic) bond motifs is 1. The van der Waals surface area contributed by atoms with Gasteiger partial charge in [0.1, 0.15) is 0 Å². The van der Waals surface area contributed by atoms with E-state index in [4.69, 9.17) is 11.6 Å². The second kappa shape index (κ2) is 6.93. The van der Waals surface area contributed by atoms with Crippen LogP contribution in [-0.4, -0.2) is 20.5 Å². The molecule has 0 aliphatic rings. The maximum Gasteiger partial charge on any atom is 0.296 e. The molecule has 0 fully saturated rings. The number of carbonyl (C=O) groups excluding carboxylic acids is 1. The third kappa shape index (κ3) is 3.02. The molecule has 9 heteroatoms. The molecule has 2 aromatic carbocycles. The standard InChI is InChI=1S/C17H13ClN4O4/c1-2-21-14-6-4-3-5-12(14)15(17(21)24)19-20-16(23)11-8-7-10(22(25)26)9-13(11)18/h3-9,24H,2H2,1H3. The zero-order valence-electron chi connectivity index (χ0n) is 13.6. The summed E-state index contributed by atoms with van der Waals surface area (Å²) in [5.41, 5.74) is 0.697. The van der Waals surface area contributed by atoms with Crippen LogP contribution in [0.3, 0.4) is 0 Å². The minimum Gasteiger partial charge on any atom is -0.493 e. The molecule has 1 aromatic heterocycles. The normalized spacial score (nSPS) is 11.3. The number of aromatic hydroxyl groups is 1. The molecule has 132 valence electrons. The first-order valence-corrected chi connectivity index (χ1v) is 8.02. The van der Waals surface area contributed by atoms with E-state index in [1.165, 1.54) is 6.07 Å². The Morgan fingerprint density at radius 1 is 1.31 bits per heavy atom. The van der Waals surface area contributed by atoms with Gasteiger partial charge in [0.25, 0.3) is 11.6 Å². The van der Waals surface area contributed by atoms with Crippen LogP contribution in [0.1, 0.15) is 17.3 Å². The van der Waals surface area contributed by atoms with Crippen molar-refractivity contribution < 1.29 is 14.8 Å². The topological polar surface area (TPSA) is 110 Å². The van der Waals surface area contributed by atoms with E-state index < -0.39 is 10.8 Å². The van der Waals surface area contributed by atoms with E-state index in [2.05, 4.69) is 10.2 Å². The van der Waals surface area contributed by atoms with Gasteiger partial charge >= 0.3 is 0 Å². The zero-order chi connectivity index (χ0) is 18.8. The Kier molecular flexibility index (Phi) is 4.68. The van der Waals surface area contributed by atoms with Gasteiger partial charge in [-0.05, 0) is 19.1 Å². The van der Waals surface area contributed by atoms with Gasteiger partial charge in [-0.15, -0.1) is 10.2 Å². The Morgan fingerprint density at radius 2 is 2.04 bits per heavy atom. The summed E-state index contributed by atoms with van der Waals surface area (Å²) in [5.74, 6) is -0.863. The van der Waals surface area contributed by atoms with Crippen LogP contribution in [0, 0.1) is 10.1 Å². The van der Waals surface area contributed by atoms with Crippen molar-refractivity contribution in [2.75, 3.05) is 0 Å². The average Bonchev–Trinajstić information content (AvgIpc) is 2.90. The summed E-state index contributed by atoms with van der Waals surface area (Å²) in [6.45, 7) is 2.39. The molecule has 26 heavy (non-hydrogen) atoms. The van der Waals surface area contributed by atoms with Crippen LogP contribution in [0.15, 0.2) is 52.7 Å². The molecule has 0 spiro atoms. The summed E-state index contributed by atoms with van der Waals surface area (Å²) in [6.07, 6.45) is 0. The molecule has 0 unspecified atom stereocenters. The van der Waals surface area contributed by atoms with Crippen molar-refractivity contribution in [2.24, 2.45) is 10.2 Å². The van der Waals surface area contributed by atoms with Crippen LogP contribution in [0.5, 0.6) is 5.88 Å². The lowest BCUT2D eigenvalue weighted by molar-refractivity contribution is -0.384. The summed E-state index contributed by atoms with van der Waals surface area (Å²) < 4.78 is 1.65. The van der Waals surface area contributed by atoms with Gasteiger partial charge in [-0.2, -0.15) is 0 Å². The molecule has 3 aromatic rings. The first kappa shape index (κ1) is 17.6. The fraction of sp³-hybridized carbons (Fsp3) is 0.118. The van der Waals surface area contributed by atoms with Gasteiger partial charge in [0.2, 0.25) is 5.88 Å². The Hall–Kier alpha value is -3.26. The van der Waals surface area contributed by atoms with Crippen molar-refractivity contribution in [3.05, 3.63) is 63.2 Å². The summed E-state index contributed by atoms with van der Waals surface area (Å²) in [4.78, 5) is 22.4. The third-order valence-corrected chi connectivity index (χ3v) is 4.18. The number of benzene rings is 2. The second-order valence-electron chi connectivity index (χ2n) is 5.36. The van der Waals surface area contributed by atoms with Crippen molar-refractivity contribution in [1.82, 2.24) is 4.57 Å². The highest BCUT2D eigenvalue weighted by atomic mass is 35.5. The number of nitro benzene ring substituents is 1. The van der Waals surface area contributed by atoms with Crippen molar-refractivity contribution in [3.63, 3.8) is 0 Å². The van der Waals surface area contributed by atoms with E-state index in [0.717, 1.165) is 17.6 Å². The van der Waals surface area contributed by atoms with Crippen LogP contribution >= 0.6 is 11.6 Å². The molecule has 0 atom stereocenters. The number of aryl methyl sites for hydroxylation is 1. The van der Waals surface area contributed by atoms with E-state index in [0.29, 0.717) is 11.9 Å². The molecule has 1 heterocycles. The van der Waals surface area contributed by atoms with Crippen LogP contribution < -0.4 is 0 Å². The van der Waals surface area contributed by atoms with E-state index in [1.54, 1.807) is 16.7 Å². The molecule has 0 saturated heterocycles. The molecule has 1 N–H and O–H groups in total. The fourth-order valence-electron chi connectivity index (χ4n) is 2.63. The molecule has 0 aliphatic carbocycles. The van der Waals surface area contributed by atoms with Crippen molar-refractivity contribution in [1.29, 1.82) is 0 Å². The van der Waals surface area contributed by atoms with E-state index in [-0.39, 0.29) is 27.8 Å². The van der Waals surface area contributed by atoms with Crippen LogP contribution in [0.2, 0.25) is 5.02 Å². The number of hydrogen-bond acceptors (Lipinski definition) is 5. The molecule has 1 amide bonds. The molecule has 8 nitrogen and oxygen atoms in total. The summed E-state index contributed by atoms with van der Waals surface area (Å²) >= 11 is 5.92. The maximum absolute atomic E-state index is 12.2. The third-order valence-electron chi connectivity index (χ3n) is 3.87. The lowest BCUT2D eigenvalue weighted by Crippen LogP contribution is -1.96. The summed E-state index contributed by atoms with van der Waals surface area (Å²) in [6, 6.07) is 10.7. The lowest BCUT2D eigenvalue weighted by Gasteiger charge is -2.01. The van der Waals surface area contributed by atoms with Gasteiger partial charge < -0.3 is 9.67 Å². The van der Waals surface area contributed by atoms with Gasteiger partial charge in [0.05, 0.1) is 21.0 Å². The van der Waals surface area contributed by atoms with Gasteiger partial charge in [-0.25, -0.2) is 0 Å². The lowest BCUT2D eigenvalue weighted by atomic mass is 10.2. The SMILES string of the molecule is CCn1c(O)c(N=NC(=O)c2ccc([N+](=O)[O-])cc2Cl)c2ccccc21. The van der Waals surface area contributed by atoms with E-state index in [1.807, 2.05) is 19.1 Å². The number of amides is 1. The largest absolute Gasteiger partial charge is 0.493 e. The molecule has 0 saturated carbocycles. The number of aromatic nitrogens is 1. The van der Waals surface area contributed by atoms with Crippen molar-refractivity contribution >= 4 is 39.8 Å². The highest BCUT2D eigenvalue weighted by molar-refractivity contribution is 6.34. The number of halogens is 1. The van der Waals surface area contributed by atoms with E-state index >= 15 is 0 Å². The first-order chi connectivity index (χ1) is 12.4. The Labute approximate surface area is 152 Å². The molecule has 0 radical (unpaired) electrons. The number of non-ortho nitro benzene ring substituents is 1. The van der Waals surface area contributed by atoms with Crippen molar-refractivity contribution in [3.8, 4) is 5.88 Å². The predicted octanol–water partition coefficient (Wildman–Crippen LogP) is 4.85. The summed E-state index contributed by atoms with van der Waals surface area (Å²) in [7, 11) is 0. The average molecular weight is 373 g/mol. The minimum absolute atomic E-state index is 0.0141. The number of nitrogens with zero attached hydrogens (tertiary/aromatic N) is 4. The molecular formula is C17H13ClN4O4. The maximum atomic E-state index is 12.2. The Morgan fingerprint density at radius 3 is 2.69 bits per heavy atom. The fourth-order valence-corrected chi connectivity index (χ4v) is 2.89. The monoisotopic (exact) mass is 372 g/mol. The van der Waals surface area contributed by atoms with Crippen LogP contribution in [-0.2, 0) is 6.54 Å². The van der Waals surface area contributed by atoms with Gasteiger partial charge in [-0.1, -0.05) is 29.8 Å². The molecule has 0 aliphatic heterocycles. The quantitative estimate of drug-likeness (QED) is 0.400. The predicted molar refractivity (Wildman–Crippen MR) is 96.2 cm³/mol. The number of rotatable bonds is 4. The molecule has 0 bridgehead atoms. The van der Waals surface area contributed by atoms with E-state index in [9.17, 15) is 20.0 Å². The van der Waals surface area contributed by atoms with Gasteiger partial charge in [0.15, 0.2) is 5.69 Å². The highest BCUT2D eigenvalue weighted by Gasteiger charge is 2.17. The van der Waals surface area contributed by atoms with Crippen LogP contribution in [0.25, 0.3) is 10.9 Å². The molecular weight excluding hydrogens is 360 g/mol. The Balaban J connectivity index is 1.98.